The molecule has 0 unspecified atom stereocenters. The molecule has 0 atom stereocenters. The van der Waals surface area contributed by atoms with Gasteiger partial charge in [-0.2, -0.15) is 0 Å². The number of alkyl halides is 1. The summed E-state index contributed by atoms with van der Waals surface area (Å²) in [6, 6.07) is 4.51. The molecule has 1 aromatic carbocycles. The molecule has 0 aliphatic rings. The van der Waals surface area contributed by atoms with Gasteiger partial charge in [-0.15, -0.1) is 11.3 Å². The Kier molecular flexibility index (Phi) is 4.68. The Hall–Kier alpha value is -2.19. The fourth-order valence-electron chi connectivity index (χ4n) is 2.32. The summed E-state index contributed by atoms with van der Waals surface area (Å²) in [7, 11) is 0. The Labute approximate surface area is 149 Å². The molecule has 3 rings (SSSR count). The second kappa shape index (κ2) is 6.74. The predicted octanol–water partition coefficient (Wildman–Crippen LogP) is 4.31. The smallest absolute Gasteiger partial charge is 0.339 e. The van der Waals surface area contributed by atoms with E-state index in [1.807, 2.05) is 0 Å². The summed E-state index contributed by atoms with van der Waals surface area (Å²) in [6.45, 7) is 1.59. The van der Waals surface area contributed by atoms with Crippen LogP contribution in [0.5, 0.6) is 0 Å². The average molecular weight is 408 g/mol. The van der Waals surface area contributed by atoms with Gasteiger partial charge in [-0.3, -0.25) is 0 Å². The van der Waals surface area contributed by atoms with Gasteiger partial charge in [-0.1, -0.05) is 28.1 Å². The first-order chi connectivity index (χ1) is 11.5. The molecule has 0 amide bonds. The van der Waals surface area contributed by atoms with Crippen LogP contribution in [0.2, 0.25) is 0 Å². The maximum absolute atomic E-state index is 13.9. The third-order valence-corrected chi connectivity index (χ3v) is 4.77. The van der Waals surface area contributed by atoms with E-state index >= 15 is 0 Å². The van der Waals surface area contributed by atoms with E-state index in [1.165, 1.54) is 23.5 Å². The molecule has 122 valence electrons. The minimum atomic E-state index is -1.16. The molecule has 0 fully saturated rings. The summed E-state index contributed by atoms with van der Waals surface area (Å²) in [6.07, 6.45) is 1.62. The molecule has 2 aromatic heterocycles. The van der Waals surface area contributed by atoms with Crippen molar-refractivity contribution in [1.29, 1.82) is 0 Å². The highest BCUT2D eigenvalue weighted by Gasteiger charge is 2.23. The number of benzene rings is 1. The predicted molar refractivity (Wildman–Crippen MR) is 92.9 cm³/mol. The standard InChI is InChI=1S/C16H11BrFN3O2S/c1-8-9(3-2-4-10(8)18)13-12(16(22)23)11(7-17)20-14(21-13)15-19-5-6-24-15/h2-6H,7H2,1H3,(H,22,23). The number of rotatable bonds is 4. The molecule has 0 aliphatic heterocycles. The van der Waals surface area contributed by atoms with Crippen molar-refractivity contribution in [3.8, 4) is 22.1 Å². The molecule has 5 nitrogen and oxygen atoms in total. The van der Waals surface area contributed by atoms with Crippen LogP contribution < -0.4 is 0 Å². The Morgan fingerprint density at radius 3 is 2.79 bits per heavy atom. The van der Waals surface area contributed by atoms with Crippen LogP contribution in [0.3, 0.4) is 0 Å². The lowest BCUT2D eigenvalue weighted by Crippen LogP contribution is -2.10. The van der Waals surface area contributed by atoms with Crippen LogP contribution in [0.25, 0.3) is 22.1 Å². The van der Waals surface area contributed by atoms with Crippen molar-refractivity contribution in [3.05, 3.63) is 52.4 Å². The van der Waals surface area contributed by atoms with E-state index in [4.69, 9.17) is 0 Å². The Bertz CT molecular complexity index is 916. The van der Waals surface area contributed by atoms with Crippen LogP contribution in [-0.2, 0) is 5.33 Å². The number of hydrogen-bond donors (Lipinski definition) is 1. The molecule has 8 heteroatoms. The van der Waals surface area contributed by atoms with Crippen molar-refractivity contribution in [1.82, 2.24) is 15.0 Å². The van der Waals surface area contributed by atoms with Crippen LogP contribution in [0, 0.1) is 12.7 Å². The van der Waals surface area contributed by atoms with Crippen LogP contribution >= 0.6 is 27.3 Å². The quantitative estimate of drug-likeness (QED) is 0.652. The Morgan fingerprint density at radius 1 is 1.38 bits per heavy atom. The first-order valence-corrected chi connectivity index (χ1v) is 8.88. The number of nitrogens with zero attached hydrogens (tertiary/aromatic N) is 3. The number of carbonyl (C=O) groups is 1. The molecule has 24 heavy (non-hydrogen) atoms. The fourth-order valence-corrected chi connectivity index (χ4v) is 3.29. The first-order valence-electron chi connectivity index (χ1n) is 6.88. The largest absolute Gasteiger partial charge is 0.478 e. The van der Waals surface area contributed by atoms with Crippen molar-refractivity contribution in [2.75, 3.05) is 0 Å². The van der Waals surface area contributed by atoms with E-state index in [0.717, 1.165) is 0 Å². The maximum Gasteiger partial charge on any atom is 0.339 e. The zero-order valence-electron chi connectivity index (χ0n) is 12.5. The minimum absolute atomic E-state index is 0.0409. The van der Waals surface area contributed by atoms with Gasteiger partial charge in [0.1, 0.15) is 11.4 Å². The van der Waals surface area contributed by atoms with E-state index in [1.54, 1.807) is 24.6 Å². The van der Waals surface area contributed by atoms with Gasteiger partial charge >= 0.3 is 5.97 Å². The summed E-state index contributed by atoms with van der Waals surface area (Å²) < 4.78 is 13.9. The van der Waals surface area contributed by atoms with Crippen molar-refractivity contribution in [2.24, 2.45) is 0 Å². The van der Waals surface area contributed by atoms with Crippen molar-refractivity contribution < 1.29 is 14.3 Å². The zero-order chi connectivity index (χ0) is 17.3. The van der Waals surface area contributed by atoms with Gasteiger partial charge in [0.25, 0.3) is 0 Å². The maximum atomic E-state index is 13.9. The SMILES string of the molecule is Cc1c(F)cccc1-c1nc(-c2nccs2)nc(CBr)c1C(=O)O. The van der Waals surface area contributed by atoms with Crippen LogP contribution in [-0.4, -0.2) is 26.0 Å². The van der Waals surface area contributed by atoms with Crippen molar-refractivity contribution in [3.63, 3.8) is 0 Å². The number of carboxylic acid groups (broad SMARTS) is 1. The monoisotopic (exact) mass is 407 g/mol. The third kappa shape index (κ3) is 2.94. The lowest BCUT2D eigenvalue weighted by atomic mass is 10.00. The van der Waals surface area contributed by atoms with Crippen LogP contribution in [0.1, 0.15) is 21.6 Å². The average Bonchev–Trinajstić information content (AvgIpc) is 3.10. The third-order valence-electron chi connectivity index (χ3n) is 3.47. The number of aromatic carboxylic acids is 1. The van der Waals surface area contributed by atoms with E-state index in [2.05, 4.69) is 30.9 Å². The topological polar surface area (TPSA) is 76.0 Å². The van der Waals surface area contributed by atoms with Gasteiger partial charge in [-0.25, -0.2) is 24.1 Å². The van der Waals surface area contributed by atoms with Crippen molar-refractivity contribution in [2.45, 2.75) is 12.3 Å². The molecule has 0 aliphatic carbocycles. The second-order valence-electron chi connectivity index (χ2n) is 4.91. The lowest BCUT2D eigenvalue weighted by Gasteiger charge is -2.13. The summed E-state index contributed by atoms with van der Waals surface area (Å²) in [5, 5.41) is 12.2. The van der Waals surface area contributed by atoms with Gasteiger partial charge in [0.05, 0.1) is 11.4 Å². The summed E-state index contributed by atoms with van der Waals surface area (Å²) >= 11 is 4.62. The summed E-state index contributed by atoms with van der Waals surface area (Å²) in [5.74, 6) is -1.25. The van der Waals surface area contributed by atoms with Crippen molar-refractivity contribution >= 4 is 33.2 Å². The highest BCUT2D eigenvalue weighted by molar-refractivity contribution is 9.08. The number of halogens is 2. The van der Waals surface area contributed by atoms with Gasteiger partial charge in [0, 0.05) is 22.5 Å². The van der Waals surface area contributed by atoms with Crippen LogP contribution in [0.4, 0.5) is 4.39 Å². The molecule has 3 aromatic rings. The highest BCUT2D eigenvalue weighted by atomic mass is 79.9. The van der Waals surface area contributed by atoms with Gasteiger partial charge < -0.3 is 5.11 Å². The summed E-state index contributed by atoms with van der Waals surface area (Å²) in [4.78, 5) is 24.6. The van der Waals surface area contributed by atoms with Gasteiger partial charge in [0.15, 0.2) is 10.8 Å². The fraction of sp³-hybridized carbons (Fsp3) is 0.125. The minimum Gasteiger partial charge on any atom is -0.478 e. The molecule has 0 radical (unpaired) electrons. The molecular formula is C16H11BrFN3O2S. The number of thiazole rings is 1. The normalized spacial score (nSPS) is 10.8. The number of hydrogen-bond acceptors (Lipinski definition) is 5. The molecule has 2 heterocycles. The first kappa shape index (κ1) is 16.7. The number of aromatic nitrogens is 3. The van der Waals surface area contributed by atoms with Gasteiger partial charge in [0.2, 0.25) is 0 Å². The van der Waals surface area contributed by atoms with Gasteiger partial charge in [-0.05, 0) is 18.6 Å². The van der Waals surface area contributed by atoms with E-state index < -0.39 is 11.8 Å². The molecule has 1 N–H and O–H groups in total. The number of carboxylic acids is 1. The molecular weight excluding hydrogens is 397 g/mol. The van der Waals surface area contributed by atoms with E-state index in [9.17, 15) is 14.3 Å². The Morgan fingerprint density at radius 2 is 2.17 bits per heavy atom. The molecule has 0 bridgehead atoms. The van der Waals surface area contributed by atoms with E-state index in [0.29, 0.717) is 27.7 Å². The molecule has 0 spiro atoms. The zero-order valence-corrected chi connectivity index (χ0v) is 14.9. The lowest BCUT2D eigenvalue weighted by molar-refractivity contribution is 0.0696. The molecule has 0 saturated heterocycles. The van der Waals surface area contributed by atoms with Crippen LogP contribution in [0.15, 0.2) is 29.8 Å². The highest BCUT2D eigenvalue weighted by Crippen LogP contribution is 2.31. The Balaban J connectivity index is 2.35. The molecule has 0 saturated carbocycles. The second-order valence-corrected chi connectivity index (χ2v) is 6.36. The van der Waals surface area contributed by atoms with E-state index in [-0.39, 0.29) is 16.6 Å². The summed E-state index contributed by atoms with van der Waals surface area (Å²) in [5.41, 5.74) is 1.23.